The Morgan fingerprint density at radius 2 is 1.49 bits per heavy atom. The smallest absolute Gasteiger partial charge is 0.404 e. The molecular formula is C26H21N5O7S. The van der Waals surface area contributed by atoms with E-state index in [1.807, 2.05) is 53.4 Å². The highest BCUT2D eigenvalue weighted by Gasteiger charge is 2.21. The summed E-state index contributed by atoms with van der Waals surface area (Å²) in [7, 11) is 0. The van der Waals surface area contributed by atoms with Crippen LogP contribution < -0.4 is 5.73 Å². The highest BCUT2D eigenvalue weighted by Crippen LogP contribution is 2.37. The number of aromatic nitrogens is 1. The first-order valence-electron chi connectivity index (χ1n) is 11.6. The second-order valence-electron chi connectivity index (χ2n) is 8.63. The Morgan fingerprint density at radius 3 is 2.03 bits per heavy atom. The normalized spacial score (nSPS) is 11.3. The van der Waals surface area contributed by atoms with Gasteiger partial charge in [0.1, 0.15) is 27.1 Å². The number of nitrogens with one attached hydrogen (secondary N) is 1. The fraction of sp³-hybridized carbons (Fsp3) is 0.115. The van der Waals surface area contributed by atoms with E-state index in [0.29, 0.717) is 29.3 Å². The molecule has 0 radical (unpaired) electrons. The molecule has 2 aromatic carbocycles. The molecule has 0 aliphatic carbocycles. The van der Waals surface area contributed by atoms with Crippen molar-refractivity contribution in [1.82, 2.24) is 9.88 Å². The maximum atomic E-state index is 12.2. The number of rotatable bonds is 11. The summed E-state index contributed by atoms with van der Waals surface area (Å²) >= 11 is 1.43. The number of amides is 1. The van der Waals surface area contributed by atoms with Crippen molar-refractivity contribution in [2.45, 2.75) is 29.4 Å². The molecule has 0 spiro atoms. The zero-order valence-electron chi connectivity index (χ0n) is 20.2. The minimum Gasteiger partial charge on any atom is -0.404 e. The third kappa shape index (κ3) is 5.84. The van der Waals surface area contributed by atoms with E-state index < -0.39 is 15.8 Å². The highest BCUT2D eigenvalue weighted by atomic mass is 32.2. The second-order valence-corrected chi connectivity index (χ2v) is 9.71. The van der Waals surface area contributed by atoms with Crippen LogP contribution in [-0.4, -0.2) is 25.6 Å². The molecule has 0 saturated heterocycles. The first-order valence-corrected chi connectivity index (χ1v) is 12.4. The van der Waals surface area contributed by atoms with Gasteiger partial charge in [-0.05, 0) is 35.9 Å². The first-order chi connectivity index (χ1) is 18.8. The zero-order valence-corrected chi connectivity index (χ0v) is 21.1. The van der Waals surface area contributed by atoms with E-state index in [0.717, 1.165) is 20.7 Å². The van der Waals surface area contributed by atoms with Crippen molar-refractivity contribution in [3.05, 3.63) is 116 Å². The predicted molar refractivity (Wildman–Crippen MR) is 141 cm³/mol. The van der Waals surface area contributed by atoms with E-state index in [-0.39, 0.29) is 24.9 Å². The van der Waals surface area contributed by atoms with Gasteiger partial charge in [0.2, 0.25) is 0 Å². The molecular weight excluding hydrogens is 526 g/mol. The Morgan fingerprint density at radius 1 is 0.872 bits per heavy atom. The number of benzene rings is 2. The average molecular weight is 548 g/mol. The molecule has 0 fully saturated rings. The number of primary amides is 1. The van der Waals surface area contributed by atoms with E-state index in [9.17, 15) is 25.0 Å². The number of nitrogens with zero attached hydrogens (tertiary/aromatic N) is 3. The Hall–Kier alpha value is -4.88. The van der Waals surface area contributed by atoms with Gasteiger partial charge in [-0.25, -0.2) is 0 Å². The maximum absolute atomic E-state index is 12.2. The van der Waals surface area contributed by atoms with Crippen molar-refractivity contribution in [2.75, 3.05) is 0 Å². The van der Waals surface area contributed by atoms with E-state index in [1.165, 1.54) is 36.0 Å². The molecule has 3 aromatic heterocycles. The largest absolute Gasteiger partial charge is 0.433 e. The SMILES string of the molecule is NC(=O)c1[nH]c2cc(CN(Cc3ccc([N+](=O)[O-])o3)Cc3ccc([N+](=O)[O-])o3)ccc2c1Sc1ccccc1. The van der Waals surface area contributed by atoms with Gasteiger partial charge < -0.3 is 19.6 Å². The number of nitro groups is 2. The molecule has 0 atom stereocenters. The molecule has 5 aromatic rings. The van der Waals surface area contributed by atoms with Gasteiger partial charge in [0.25, 0.3) is 5.91 Å². The Kier molecular flexibility index (Phi) is 7.17. The number of nitrogens with two attached hydrogens (primary N) is 1. The molecule has 1 amide bonds. The van der Waals surface area contributed by atoms with Crippen LogP contribution in [0.25, 0.3) is 10.9 Å². The van der Waals surface area contributed by atoms with E-state index in [2.05, 4.69) is 4.98 Å². The molecule has 0 unspecified atom stereocenters. The summed E-state index contributed by atoms with van der Waals surface area (Å²) in [6, 6.07) is 20.9. The molecule has 12 nitrogen and oxygen atoms in total. The van der Waals surface area contributed by atoms with Crippen LogP contribution in [0, 0.1) is 20.2 Å². The van der Waals surface area contributed by atoms with Crippen LogP contribution in [0.4, 0.5) is 11.8 Å². The number of hydrogen-bond donors (Lipinski definition) is 2. The lowest BCUT2D eigenvalue weighted by Crippen LogP contribution is -2.22. The van der Waals surface area contributed by atoms with Gasteiger partial charge in [0.05, 0.1) is 30.1 Å². The quantitative estimate of drug-likeness (QED) is 0.157. The Labute approximate surface area is 224 Å². The van der Waals surface area contributed by atoms with E-state index in [1.54, 1.807) is 0 Å². The molecule has 3 heterocycles. The van der Waals surface area contributed by atoms with Gasteiger partial charge in [-0.3, -0.25) is 29.9 Å². The molecule has 5 rings (SSSR count). The fourth-order valence-electron chi connectivity index (χ4n) is 4.17. The predicted octanol–water partition coefficient (Wildman–Crippen LogP) is 5.62. The van der Waals surface area contributed by atoms with Crippen molar-refractivity contribution >= 4 is 40.3 Å². The lowest BCUT2D eigenvalue weighted by molar-refractivity contribution is -0.402. The topological polar surface area (TPSA) is 175 Å². The van der Waals surface area contributed by atoms with Crippen molar-refractivity contribution in [3.8, 4) is 0 Å². The Bertz CT molecular complexity index is 1620. The van der Waals surface area contributed by atoms with Crippen molar-refractivity contribution in [1.29, 1.82) is 0 Å². The summed E-state index contributed by atoms with van der Waals surface area (Å²) in [6.45, 7) is 0.685. The summed E-state index contributed by atoms with van der Waals surface area (Å²) in [6.07, 6.45) is 0. The Balaban J connectivity index is 1.44. The molecule has 3 N–H and O–H groups in total. The summed E-state index contributed by atoms with van der Waals surface area (Å²) in [5.41, 5.74) is 7.52. The molecule has 198 valence electrons. The number of hydrogen-bond acceptors (Lipinski definition) is 9. The van der Waals surface area contributed by atoms with Gasteiger partial charge >= 0.3 is 11.8 Å². The minimum atomic E-state index is -0.621. The highest BCUT2D eigenvalue weighted by molar-refractivity contribution is 7.99. The molecule has 39 heavy (non-hydrogen) atoms. The number of fused-ring (bicyclic) bond motifs is 1. The van der Waals surface area contributed by atoms with Crippen LogP contribution in [0.2, 0.25) is 0 Å². The van der Waals surface area contributed by atoms with Gasteiger partial charge in [0.15, 0.2) is 0 Å². The summed E-state index contributed by atoms with van der Waals surface area (Å²) in [4.78, 5) is 39.7. The van der Waals surface area contributed by atoms with E-state index in [4.69, 9.17) is 14.6 Å². The van der Waals surface area contributed by atoms with Gasteiger partial charge in [0, 0.05) is 22.3 Å². The lowest BCUT2D eigenvalue weighted by atomic mass is 10.1. The van der Waals surface area contributed by atoms with Crippen molar-refractivity contribution < 1.29 is 23.5 Å². The van der Waals surface area contributed by atoms with Crippen LogP contribution in [0.15, 0.2) is 91.4 Å². The number of H-pyrrole nitrogens is 1. The monoisotopic (exact) mass is 547 g/mol. The lowest BCUT2D eigenvalue weighted by Gasteiger charge is -2.20. The molecule has 0 aliphatic heterocycles. The van der Waals surface area contributed by atoms with Gasteiger partial charge in [-0.1, -0.05) is 42.1 Å². The third-order valence-electron chi connectivity index (χ3n) is 5.84. The second kappa shape index (κ2) is 10.8. The van der Waals surface area contributed by atoms with Gasteiger partial charge in [-0.15, -0.1) is 0 Å². The number of aromatic amines is 1. The third-order valence-corrected chi connectivity index (χ3v) is 6.98. The molecule has 0 bridgehead atoms. The summed E-state index contributed by atoms with van der Waals surface area (Å²) < 4.78 is 10.7. The molecule has 0 saturated carbocycles. The molecule has 13 heteroatoms. The van der Waals surface area contributed by atoms with Crippen LogP contribution in [0.5, 0.6) is 0 Å². The van der Waals surface area contributed by atoms with Crippen LogP contribution in [-0.2, 0) is 19.6 Å². The van der Waals surface area contributed by atoms with E-state index >= 15 is 0 Å². The van der Waals surface area contributed by atoms with Crippen LogP contribution >= 0.6 is 11.8 Å². The van der Waals surface area contributed by atoms with Crippen molar-refractivity contribution in [2.24, 2.45) is 5.73 Å². The van der Waals surface area contributed by atoms with Crippen LogP contribution in [0.1, 0.15) is 27.6 Å². The zero-order chi connectivity index (χ0) is 27.5. The average Bonchev–Trinajstić information content (AvgIpc) is 3.64. The fourth-order valence-corrected chi connectivity index (χ4v) is 5.24. The standard InChI is InChI=1S/C26H21N5O7S/c27-26(32)24-25(39-19-4-2-1-3-5-19)20-9-6-16(12-21(20)28-24)13-29(14-17-7-10-22(37-17)30(33)34)15-18-8-11-23(38-18)31(35)36/h1-12,28H,13-15H2,(H2,27,32). The first kappa shape index (κ1) is 25.8. The number of carbonyl (C=O) groups excluding carboxylic acids is 1. The van der Waals surface area contributed by atoms with Gasteiger partial charge in [-0.2, -0.15) is 0 Å². The summed E-state index contributed by atoms with van der Waals surface area (Å²) in [5.74, 6) is -0.642. The number of furan rings is 2. The summed E-state index contributed by atoms with van der Waals surface area (Å²) in [5, 5.41) is 22.9. The maximum Gasteiger partial charge on any atom is 0.433 e. The van der Waals surface area contributed by atoms with Crippen LogP contribution in [0.3, 0.4) is 0 Å². The number of carbonyl (C=O) groups is 1. The minimum absolute atomic E-state index is 0.173. The molecule has 0 aliphatic rings. The van der Waals surface area contributed by atoms with Crippen molar-refractivity contribution in [3.63, 3.8) is 0 Å².